The Kier molecular flexibility index (Phi) is 5.74. The SMILES string of the molecule is C=C(C)C(=O)OCC(O)CNc1ccc(C(=O)O)c(O)c1. The van der Waals surface area contributed by atoms with Crippen molar-refractivity contribution in [3.8, 4) is 5.75 Å². The van der Waals surface area contributed by atoms with Gasteiger partial charge in [-0.05, 0) is 19.1 Å². The molecule has 0 aliphatic heterocycles. The highest BCUT2D eigenvalue weighted by Crippen LogP contribution is 2.21. The Morgan fingerprint density at radius 3 is 2.62 bits per heavy atom. The fourth-order valence-corrected chi connectivity index (χ4v) is 1.41. The number of carboxylic acid groups (broad SMARTS) is 1. The molecule has 0 fully saturated rings. The quantitative estimate of drug-likeness (QED) is 0.437. The number of rotatable bonds is 7. The number of anilines is 1. The third kappa shape index (κ3) is 5.15. The summed E-state index contributed by atoms with van der Waals surface area (Å²) >= 11 is 0. The Morgan fingerprint density at radius 1 is 1.43 bits per heavy atom. The van der Waals surface area contributed by atoms with Crippen LogP contribution >= 0.6 is 0 Å². The van der Waals surface area contributed by atoms with Gasteiger partial charge in [-0.2, -0.15) is 0 Å². The van der Waals surface area contributed by atoms with Gasteiger partial charge >= 0.3 is 11.9 Å². The van der Waals surface area contributed by atoms with Crippen LogP contribution in [-0.4, -0.2) is 46.5 Å². The Balaban J connectivity index is 2.48. The molecule has 114 valence electrons. The molecular formula is C14H17NO6. The second kappa shape index (κ2) is 7.30. The van der Waals surface area contributed by atoms with Gasteiger partial charge in [-0.15, -0.1) is 0 Å². The lowest BCUT2D eigenvalue weighted by atomic mass is 10.2. The molecule has 21 heavy (non-hydrogen) atoms. The molecule has 0 aliphatic rings. The monoisotopic (exact) mass is 295 g/mol. The Bertz CT molecular complexity index is 554. The number of phenols is 1. The summed E-state index contributed by atoms with van der Waals surface area (Å²) in [7, 11) is 0. The van der Waals surface area contributed by atoms with E-state index >= 15 is 0 Å². The van der Waals surface area contributed by atoms with E-state index in [1.54, 1.807) is 0 Å². The first-order valence-electron chi connectivity index (χ1n) is 6.12. The fourth-order valence-electron chi connectivity index (χ4n) is 1.41. The first kappa shape index (κ1) is 16.5. The van der Waals surface area contributed by atoms with E-state index in [-0.39, 0.29) is 30.0 Å². The molecular weight excluding hydrogens is 278 g/mol. The average Bonchev–Trinajstić information content (AvgIpc) is 2.41. The molecule has 0 spiro atoms. The molecule has 4 N–H and O–H groups in total. The number of aromatic carboxylic acids is 1. The Morgan fingerprint density at radius 2 is 2.10 bits per heavy atom. The van der Waals surface area contributed by atoms with E-state index in [1.807, 2.05) is 0 Å². The van der Waals surface area contributed by atoms with Crippen LogP contribution in [0.3, 0.4) is 0 Å². The first-order valence-corrected chi connectivity index (χ1v) is 6.12. The lowest BCUT2D eigenvalue weighted by molar-refractivity contribution is -0.141. The lowest BCUT2D eigenvalue weighted by Crippen LogP contribution is -2.26. The summed E-state index contributed by atoms with van der Waals surface area (Å²) < 4.78 is 4.77. The van der Waals surface area contributed by atoms with Crippen molar-refractivity contribution in [2.24, 2.45) is 0 Å². The Labute approximate surface area is 121 Å². The molecule has 0 saturated carbocycles. The third-order valence-electron chi connectivity index (χ3n) is 2.53. The van der Waals surface area contributed by atoms with Crippen LogP contribution in [0, 0.1) is 0 Å². The number of carbonyl (C=O) groups is 2. The van der Waals surface area contributed by atoms with E-state index in [4.69, 9.17) is 9.84 Å². The van der Waals surface area contributed by atoms with Crippen molar-refractivity contribution in [2.75, 3.05) is 18.5 Å². The molecule has 7 nitrogen and oxygen atoms in total. The van der Waals surface area contributed by atoms with Crippen LogP contribution in [0.2, 0.25) is 0 Å². The highest BCUT2D eigenvalue weighted by molar-refractivity contribution is 5.91. The summed E-state index contributed by atoms with van der Waals surface area (Å²) in [5, 5.41) is 30.7. The van der Waals surface area contributed by atoms with Gasteiger partial charge in [0.25, 0.3) is 0 Å². The van der Waals surface area contributed by atoms with Gasteiger partial charge in [-0.25, -0.2) is 9.59 Å². The van der Waals surface area contributed by atoms with Gasteiger partial charge in [-0.1, -0.05) is 6.58 Å². The zero-order chi connectivity index (χ0) is 16.0. The number of hydrogen-bond acceptors (Lipinski definition) is 6. The number of esters is 1. The summed E-state index contributed by atoms with van der Waals surface area (Å²) in [6.45, 7) is 4.78. The number of carboxylic acids is 1. The van der Waals surface area contributed by atoms with Gasteiger partial charge < -0.3 is 25.4 Å². The van der Waals surface area contributed by atoms with Crippen LogP contribution in [0.15, 0.2) is 30.4 Å². The van der Waals surface area contributed by atoms with Crippen molar-refractivity contribution < 1.29 is 29.6 Å². The van der Waals surface area contributed by atoms with E-state index in [0.717, 1.165) is 0 Å². The van der Waals surface area contributed by atoms with Gasteiger partial charge in [0, 0.05) is 23.9 Å². The van der Waals surface area contributed by atoms with Crippen LogP contribution in [0.1, 0.15) is 17.3 Å². The minimum absolute atomic E-state index is 0.0648. The number of ether oxygens (including phenoxy) is 1. The molecule has 1 aromatic rings. The third-order valence-corrected chi connectivity index (χ3v) is 2.53. The van der Waals surface area contributed by atoms with Crippen LogP contribution in [0.4, 0.5) is 5.69 Å². The average molecular weight is 295 g/mol. The van der Waals surface area contributed by atoms with E-state index in [9.17, 15) is 19.8 Å². The summed E-state index contributed by atoms with van der Waals surface area (Å²) in [6, 6.07) is 3.93. The molecule has 0 aliphatic carbocycles. The second-order valence-electron chi connectivity index (χ2n) is 4.45. The minimum Gasteiger partial charge on any atom is -0.507 e. The predicted molar refractivity (Wildman–Crippen MR) is 75.3 cm³/mol. The van der Waals surface area contributed by atoms with Crippen LogP contribution in [0.25, 0.3) is 0 Å². The maximum Gasteiger partial charge on any atom is 0.339 e. The zero-order valence-corrected chi connectivity index (χ0v) is 11.5. The second-order valence-corrected chi connectivity index (χ2v) is 4.45. The number of benzene rings is 1. The molecule has 0 amide bonds. The number of nitrogens with one attached hydrogen (secondary N) is 1. The number of aliphatic hydroxyl groups excluding tert-OH is 1. The number of hydrogen-bond donors (Lipinski definition) is 4. The summed E-state index contributed by atoms with van der Waals surface area (Å²) in [5.41, 5.74) is 0.462. The molecule has 1 rings (SSSR count). The molecule has 0 heterocycles. The highest BCUT2D eigenvalue weighted by atomic mass is 16.5. The van der Waals surface area contributed by atoms with Gasteiger partial charge in [0.05, 0.1) is 0 Å². The van der Waals surface area contributed by atoms with Crippen molar-refractivity contribution in [3.63, 3.8) is 0 Å². The summed E-state index contributed by atoms with van der Waals surface area (Å²) in [4.78, 5) is 21.9. The van der Waals surface area contributed by atoms with Crippen molar-refractivity contribution in [3.05, 3.63) is 35.9 Å². The van der Waals surface area contributed by atoms with E-state index in [1.165, 1.54) is 25.1 Å². The Hall–Kier alpha value is -2.54. The molecule has 1 unspecified atom stereocenters. The van der Waals surface area contributed by atoms with Gasteiger partial charge in [0.2, 0.25) is 0 Å². The predicted octanol–water partition coefficient (Wildman–Crippen LogP) is 0.982. The van der Waals surface area contributed by atoms with Crippen molar-refractivity contribution in [1.82, 2.24) is 0 Å². The van der Waals surface area contributed by atoms with Gasteiger partial charge in [-0.3, -0.25) is 0 Å². The summed E-state index contributed by atoms with van der Waals surface area (Å²) in [5.74, 6) is -2.20. The molecule has 0 aromatic heterocycles. The molecule has 0 radical (unpaired) electrons. The molecule has 0 saturated heterocycles. The molecule has 1 atom stereocenters. The molecule has 1 aromatic carbocycles. The molecule has 7 heteroatoms. The van der Waals surface area contributed by atoms with Crippen molar-refractivity contribution in [2.45, 2.75) is 13.0 Å². The largest absolute Gasteiger partial charge is 0.507 e. The van der Waals surface area contributed by atoms with E-state index < -0.39 is 18.0 Å². The number of carbonyl (C=O) groups excluding carboxylic acids is 1. The normalized spacial score (nSPS) is 11.5. The topological polar surface area (TPSA) is 116 Å². The standard InChI is InChI=1S/C14H17NO6/c1-8(2)14(20)21-7-10(16)6-15-9-3-4-11(13(18)19)12(17)5-9/h3-5,10,15-17H,1,6-7H2,2H3,(H,18,19). The van der Waals surface area contributed by atoms with Crippen molar-refractivity contribution >= 4 is 17.6 Å². The number of aromatic hydroxyl groups is 1. The maximum atomic E-state index is 11.1. The zero-order valence-electron chi connectivity index (χ0n) is 11.5. The summed E-state index contributed by atoms with van der Waals surface area (Å²) in [6.07, 6.45) is -0.949. The van der Waals surface area contributed by atoms with Gasteiger partial charge in [0.15, 0.2) is 0 Å². The van der Waals surface area contributed by atoms with E-state index in [0.29, 0.717) is 5.69 Å². The molecule has 0 bridgehead atoms. The highest BCUT2D eigenvalue weighted by Gasteiger charge is 2.12. The van der Waals surface area contributed by atoms with E-state index in [2.05, 4.69) is 11.9 Å². The minimum atomic E-state index is -1.23. The van der Waals surface area contributed by atoms with Crippen LogP contribution in [-0.2, 0) is 9.53 Å². The van der Waals surface area contributed by atoms with Crippen LogP contribution in [0.5, 0.6) is 5.75 Å². The fraction of sp³-hybridized carbons (Fsp3) is 0.286. The smallest absolute Gasteiger partial charge is 0.339 e. The number of aliphatic hydroxyl groups is 1. The van der Waals surface area contributed by atoms with Crippen molar-refractivity contribution in [1.29, 1.82) is 0 Å². The van der Waals surface area contributed by atoms with Crippen LogP contribution < -0.4 is 5.32 Å². The van der Waals surface area contributed by atoms with Gasteiger partial charge in [0.1, 0.15) is 24.0 Å². The maximum absolute atomic E-state index is 11.1. The lowest BCUT2D eigenvalue weighted by Gasteiger charge is -2.13. The first-order chi connectivity index (χ1) is 9.81.